The van der Waals surface area contributed by atoms with Gasteiger partial charge in [0.05, 0.1) is 18.7 Å². The van der Waals surface area contributed by atoms with Gasteiger partial charge in [-0.2, -0.15) is 13.2 Å². The van der Waals surface area contributed by atoms with Crippen LogP contribution in [0.25, 0.3) is 0 Å². The zero-order valence-corrected chi connectivity index (χ0v) is 16.7. The van der Waals surface area contributed by atoms with Crippen molar-refractivity contribution in [3.05, 3.63) is 23.9 Å². The molecule has 1 saturated heterocycles. The summed E-state index contributed by atoms with van der Waals surface area (Å²) in [5, 5.41) is 3.42. The number of nitrogens with one attached hydrogen (secondary N) is 4. The van der Waals surface area contributed by atoms with Crippen molar-refractivity contribution in [3.63, 3.8) is 0 Å². The number of aromatic amines is 1. The Balaban J connectivity index is 1.72. The maximum Gasteiger partial charge on any atom is 0.419 e. The molecule has 0 spiro atoms. The summed E-state index contributed by atoms with van der Waals surface area (Å²) in [6.45, 7) is 4.05. The number of unbranched alkanes of at least 4 members (excludes halogenated alkanes) is 2. The molecular weight excluding hydrogens is 391 g/mol. The Bertz CT molecular complexity index is 646. The Kier molecular flexibility index (Phi) is 8.28. The fourth-order valence-electron chi connectivity index (χ4n) is 3.01. The lowest BCUT2D eigenvalue weighted by Gasteiger charge is -2.27. The van der Waals surface area contributed by atoms with Crippen molar-refractivity contribution in [2.45, 2.75) is 45.2 Å². The van der Waals surface area contributed by atoms with Gasteiger partial charge in [0.25, 0.3) is 5.82 Å². The first kappa shape index (κ1) is 22.2. The number of anilines is 1. The van der Waals surface area contributed by atoms with Crippen LogP contribution in [0.4, 0.5) is 19.0 Å². The van der Waals surface area contributed by atoms with Crippen molar-refractivity contribution in [3.8, 4) is 0 Å². The maximum absolute atomic E-state index is 12.6. The minimum atomic E-state index is -4.36. The van der Waals surface area contributed by atoms with Gasteiger partial charge >= 0.3 is 6.18 Å². The largest absolute Gasteiger partial charge is 0.419 e. The quantitative estimate of drug-likeness (QED) is 0.376. The first-order valence-electron chi connectivity index (χ1n) is 9.49. The van der Waals surface area contributed by atoms with Crippen LogP contribution in [0.1, 0.15) is 44.6 Å². The van der Waals surface area contributed by atoms with Crippen LogP contribution in [0.5, 0.6) is 0 Å². The van der Waals surface area contributed by atoms with Gasteiger partial charge < -0.3 is 5.32 Å². The summed E-state index contributed by atoms with van der Waals surface area (Å²) in [4.78, 5) is 16.9. The molecular formula is C18H27F3N5OS+. The number of carbonyl (C=O) groups is 1. The van der Waals surface area contributed by atoms with Crippen molar-refractivity contribution < 1.29 is 22.9 Å². The predicted octanol–water partition coefficient (Wildman–Crippen LogP) is 2.42. The number of halogens is 3. The van der Waals surface area contributed by atoms with E-state index >= 15 is 0 Å². The number of nitrogens with zero attached hydrogens (tertiary/aromatic N) is 1. The van der Waals surface area contributed by atoms with E-state index in [9.17, 15) is 18.0 Å². The molecule has 0 bridgehead atoms. The van der Waals surface area contributed by atoms with Gasteiger partial charge in [-0.3, -0.25) is 20.5 Å². The number of carbonyl (C=O) groups excluding carboxylic acids is 1. The molecule has 1 aromatic heterocycles. The summed E-state index contributed by atoms with van der Waals surface area (Å²) < 4.78 is 37.9. The number of hydrogen-bond donors (Lipinski definition) is 3. The van der Waals surface area contributed by atoms with E-state index in [-0.39, 0.29) is 11.8 Å². The molecule has 2 rings (SSSR count). The standard InChI is InChI=1S/C18H26F3N5OS/c1-2-3-4-9-22-17(28)25-24-16(27)13-7-10-26(11-8-13)15-6-5-14(12-23-15)18(19,20)21/h5-6,12-13H,2-4,7-11H2,1H3,(H,24,27)(H2,22,25,28)/p+1. The van der Waals surface area contributed by atoms with E-state index in [1.807, 2.05) is 4.90 Å². The maximum atomic E-state index is 12.6. The van der Waals surface area contributed by atoms with Gasteiger partial charge in [-0.25, -0.2) is 4.98 Å². The lowest BCUT2D eigenvalue weighted by atomic mass is 9.96. The third-order valence-electron chi connectivity index (χ3n) is 4.70. The van der Waals surface area contributed by atoms with E-state index in [1.54, 1.807) is 0 Å². The molecule has 1 fully saturated rings. The van der Waals surface area contributed by atoms with Crippen LogP contribution in [-0.4, -0.2) is 30.7 Å². The highest BCUT2D eigenvalue weighted by Gasteiger charge is 2.33. The van der Waals surface area contributed by atoms with Gasteiger partial charge in [0.15, 0.2) is 5.11 Å². The molecule has 0 unspecified atom stereocenters. The van der Waals surface area contributed by atoms with Crippen LogP contribution in [-0.2, 0) is 11.0 Å². The summed E-state index contributed by atoms with van der Waals surface area (Å²) in [7, 11) is 0. The van der Waals surface area contributed by atoms with Gasteiger partial charge in [0.1, 0.15) is 6.20 Å². The molecule has 4 N–H and O–H groups in total. The van der Waals surface area contributed by atoms with Gasteiger partial charge in [0.2, 0.25) is 5.91 Å². The SMILES string of the molecule is CCCCCNC(=S)NNC(=O)C1CCN(c2ccc(C(F)(F)F)c[nH+]2)CC1. The predicted molar refractivity (Wildman–Crippen MR) is 104 cm³/mol. The molecule has 0 radical (unpaired) electrons. The Labute approximate surface area is 168 Å². The first-order chi connectivity index (χ1) is 13.3. The highest BCUT2D eigenvalue weighted by molar-refractivity contribution is 7.80. The van der Waals surface area contributed by atoms with E-state index in [0.29, 0.717) is 36.9 Å². The van der Waals surface area contributed by atoms with E-state index in [2.05, 4.69) is 28.1 Å². The summed E-state index contributed by atoms with van der Waals surface area (Å²) in [5.41, 5.74) is 4.63. The van der Waals surface area contributed by atoms with Crippen LogP contribution in [0.15, 0.2) is 18.3 Å². The second kappa shape index (κ2) is 10.4. The Morgan fingerprint density at radius 1 is 1.25 bits per heavy atom. The fourth-order valence-corrected chi connectivity index (χ4v) is 3.17. The van der Waals surface area contributed by atoms with E-state index in [4.69, 9.17) is 12.2 Å². The molecule has 1 aliphatic rings. The number of thiocarbonyl (C=S) groups is 1. The number of H-pyrrole nitrogens is 1. The molecule has 0 aliphatic carbocycles. The minimum absolute atomic E-state index is 0.131. The van der Waals surface area contributed by atoms with Crippen molar-refractivity contribution in [2.75, 3.05) is 24.5 Å². The lowest BCUT2D eigenvalue weighted by Crippen LogP contribution is -2.50. The van der Waals surface area contributed by atoms with E-state index in [1.165, 1.54) is 6.07 Å². The van der Waals surface area contributed by atoms with Crippen molar-refractivity contribution in [1.82, 2.24) is 16.2 Å². The molecule has 28 heavy (non-hydrogen) atoms. The normalized spacial score (nSPS) is 15.2. The van der Waals surface area contributed by atoms with Gasteiger partial charge in [0, 0.05) is 18.5 Å². The average molecular weight is 419 g/mol. The van der Waals surface area contributed by atoms with E-state index in [0.717, 1.165) is 38.1 Å². The highest BCUT2D eigenvalue weighted by atomic mass is 32.1. The lowest BCUT2D eigenvalue weighted by molar-refractivity contribution is -0.367. The Morgan fingerprint density at radius 2 is 1.96 bits per heavy atom. The third-order valence-corrected chi connectivity index (χ3v) is 4.94. The van der Waals surface area contributed by atoms with Crippen LogP contribution >= 0.6 is 12.2 Å². The van der Waals surface area contributed by atoms with E-state index < -0.39 is 11.7 Å². The van der Waals surface area contributed by atoms with Gasteiger partial charge in [-0.15, -0.1) is 0 Å². The van der Waals surface area contributed by atoms with Crippen LogP contribution < -0.4 is 26.1 Å². The third kappa shape index (κ3) is 6.81. The number of alkyl halides is 3. The highest BCUT2D eigenvalue weighted by Crippen LogP contribution is 2.29. The van der Waals surface area contributed by atoms with Crippen LogP contribution in [0.3, 0.4) is 0 Å². The molecule has 2 heterocycles. The number of pyridine rings is 1. The molecule has 156 valence electrons. The van der Waals surface area contributed by atoms with Crippen molar-refractivity contribution in [1.29, 1.82) is 0 Å². The molecule has 0 aromatic carbocycles. The van der Waals surface area contributed by atoms with Crippen molar-refractivity contribution in [2.24, 2.45) is 5.92 Å². The Hall–Kier alpha value is -2.10. The molecule has 1 aromatic rings. The van der Waals surface area contributed by atoms with Gasteiger partial charge in [-0.05, 0) is 37.5 Å². The number of piperidine rings is 1. The Morgan fingerprint density at radius 3 is 2.54 bits per heavy atom. The summed E-state index contributed by atoms with van der Waals surface area (Å²) >= 11 is 5.11. The van der Waals surface area contributed by atoms with Crippen molar-refractivity contribution >= 4 is 29.1 Å². The zero-order chi connectivity index (χ0) is 20.6. The molecule has 0 saturated carbocycles. The average Bonchev–Trinajstić information content (AvgIpc) is 2.69. The summed E-state index contributed by atoms with van der Waals surface area (Å²) in [6.07, 6.45) is 1.09. The fraction of sp³-hybridized carbons (Fsp3) is 0.611. The number of amides is 1. The van der Waals surface area contributed by atoms with Gasteiger partial charge in [-0.1, -0.05) is 19.8 Å². The molecule has 6 nitrogen and oxygen atoms in total. The topological polar surface area (TPSA) is 70.5 Å². The smallest absolute Gasteiger partial charge is 0.361 e. The zero-order valence-electron chi connectivity index (χ0n) is 15.9. The summed E-state index contributed by atoms with van der Waals surface area (Å²) in [6, 6.07) is 2.48. The number of hydrogen-bond acceptors (Lipinski definition) is 3. The number of aromatic nitrogens is 1. The molecule has 0 atom stereocenters. The minimum Gasteiger partial charge on any atom is -0.361 e. The second-order valence-corrected chi connectivity index (χ2v) is 7.21. The molecule has 1 aliphatic heterocycles. The molecule has 10 heteroatoms. The van der Waals surface area contributed by atoms with Crippen LogP contribution in [0, 0.1) is 5.92 Å². The molecule has 1 amide bonds. The van der Waals surface area contributed by atoms with Crippen LogP contribution in [0.2, 0.25) is 0 Å². The second-order valence-electron chi connectivity index (χ2n) is 6.80. The number of rotatable bonds is 6. The monoisotopic (exact) mass is 418 g/mol. The summed E-state index contributed by atoms with van der Waals surface area (Å²) in [5.74, 6) is 0.317. The number of hydrazine groups is 1. The first-order valence-corrected chi connectivity index (χ1v) is 9.89.